The van der Waals surface area contributed by atoms with Crippen molar-refractivity contribution in [1.29, 1.82) is 0 Å². The quantitative estimate of drug-likeness (QED) is 0.866. The lowest BCUT2D eigenvalue weighted by Crippen LogP contribution is -2.54. The molecule has 0 amide bonds. The highest BCUT2D eigenvalue weighted by Crippen LogP contribution is 2.51. The van der Waals surface area contributed by atoms with Gasteiger partial charge in [0.25, 0.3) is 0 Å². The summed E-state index contributed by atoms with van der Waals surface area (Å²) in [7, 11) is 0. The maximum atomic E-state index is 4.24. The average molecular weight is 233 g/mol. The Morgan fingerprint density at radius 2 is 2.12 bits per heavy atom. The number of hydrogen-bond donors (Lipinski definition) is 1. The van der Waals surface area contributed by atoms with Crippen molar-refractivity contribution in [2.45, 2.75) is 57.5 Å². The minimum absolute atomic E-state index is 0.683. The molecule has 2 aliphatic carbocycles. The molecule has 0 aromatic carbocycles. The van der Waals surface area contributed by atoms with Gasteiger partial charge < -0.3 is 5.32 Å². The Balaban J connectivity index is 1.46. The van der Waals surface area contributed by atoms with Gasteiger partial charge in [-0.15, -0.1) is 0 Å². The summed E-state index contributed by atoms with van der Waals surface area (Å²) in [6, 6.07) is 2.78. The largest absolute Gasteiger partial charge is 0.312 e. The molecule has 0 radical (unpaired) electrons. The summed E-state index contributed by atoms with van der Waals surface area (Å²) >= 11 is 0. The monoisotopic (exact) mass is 233 g/mol. The van der Waals surface area contributed by atoms with E-state index in [0.717, 1.165) is 19.1 Å². The first-order valence-electron chi connectivity index (χ1n) is 7.10. The van der Waals surface area contributed by atoms with Gasteiger partial charge in [0.1, 0.15) is 0 Å². The van der Waals surface area contributed by atoms with E-state index in [9.17, 15) is 0 Å². The van der Waals surface area contributed by atoms with Gasteiger partial charge in [-0.05, 0) is 37.2 Å². The molecule has 1 heterocycles. The molecular weight excluding hydrogens is 210 g/mol. The summed E-state index contributed by atoms with van der Waals surface area (Å²) in [5.41, 5.74) is 0.683. The average Bonchev–Trinajstić information content (AvgIpc) is 2.87. The van der Waals surface area contributed by atoms with E-state index in [4.69, 9.17) is 0 Å². The lowest BCUT2D eigenvalue weighted by molar-refractivity contribution is 0.0228. The molecular formula is C14H23N3. The molecule has 1 atom stereocenters. The van der Waals surface area contributed by atoms with Crippen LogP contribution in [0.25, 0.3) is 0 Å². The van der Waals surface area contributed by atoms with Crippen LogP contribution in [0, 0.1) is 5.41 Å². The van der Waals surface area contributed by atoms with E-state index in [2.05, 4.69) is 10.4 Å². The van der Waals surface area contributed by atoms with E-state index in [1.54, 1.807) is 0 Å². The minimum atomic E-state index is 0.683. The van der Waals surface area contributed by atoms with Crippen molar-refractivity contribution in [3.8, 4) is 0 Å². The van der Waals surface area contributed by atoms with E-state index >= 15 is 0 Å². The van der Waals surface area contributed by atoms with E-state index < -0.39 is 0 Å². The first-order valence-corrected chi connectivity index (χ1v) is 7.10. The third-order valence-corrected chi connectivity index (χ3v) is 4.81. The summed E-state index contributed by atoms with van der Waals surface area (Å²) < 4.78 is 2.01. The smallest absolute Gasteiger partial charge is 0.0534 e. The molecule has 0 bridgehead atoms. The third kappa shape index (κ3) is 2.25. The maximum absolute atomic E-state index is 4.24. The van der Waals surface area contributed by atoms with Crippen LogP contribution < -0.4 is 5.32 Å². The van der Waals surface area contributed by atoms with Crippen molar-refractivity contribution >= 4 is 0 Å². The molecule has 1 spiro atoms. The molecule has 17 heavy (non-hydrogen) atoms. The molecule has 1 aromatic heterocycles. The normalized spacial score (nSPS) is 26.9. The molecule has 94 valence electrons. The Kier molecular flexibility index (Phi) is 3.19. The standard InChI is InChI=1S/C14H23N3/c1-2-6-14(7-3-1)8-5-13(14)15-10-12-17-11-4-9-16-17/h4,9,11,13,15H,1-3,5-8,10,12H2. The highest BCUT2D eigenvalue weighted by Gasteiger charge is 2.46. The number of nitrogens with zero attached hydrogens (tertiary/aromatic N) is 2. The highest BCUT2D eigenvalue weighted by molar-refractivity contribution is 5.01. The fraction of sp³-hybridized carbons (Fsp3) is 0.786. The van der Waals surface area contributed by atoms with Crippen LogP contribution in [0.15, 0.2) is 18.5 Å². The zero-order valence-corrected chi connectivity index (χ0v) is 10.6. The second kappa shape index (κ2) is 4.81. The van der Waals surface area contributed by atoms with Gasteiger partial charge in [0, 0.05) is 25.0 Å². The molecule has 1 unspecified atom stereocenters. The van der Waals surface area contributed by atoms with Crippen LogP contribution >= 0.6 is 0 Å². The molecule has 1 aromatic rings. The number of aromatic nitrogens is 2. The molecule has 0 aliphatic heterocycles. The van der Waals surface area contributed by atoms with Crippen LogP contribution in [0.2, 0.25) is 0 Å². The van der Waals surface area contributed by atoms with Gasteiger partial charge in [0.05, 0.1) is 6.54 Å². The fourth-order valence-corrected chi connectivity index (χ4v) is 3.66. The molecule has 0 saturated heterocycles. The van der Waals surface area contributed by atoms with Gasteiger partial charge in [0.15, 0.2) is 0 Å². The second-order valence-corrected chi connectivity index (χ2v) is 5.74. The molecule has 3 nitrogen and oxygen atoms in total. The van der Waals surface area contributed by atoms with E-state index in [-0.39, 0.29) is 0 Å². The summed E-state index contributed by atoms with van der Waals surface area (Å²) in [6.45, 7) is 2.06. The highest BCUT2D eigenvalue weighted by atomic mass is 15.3. The SMILES string of the molecule is c1cnn(CCNC2CCC23CCCCC3)c1. The van der Waals surface area contributed by atoms with Gasteiger partial charge in [0.2, 0.25) is 0 Å². The fourth-order valence-electron chi connectivity index (χ4n) is 3.66. The molecule has 2 saturated carbocycles. The van der Waals surface area contributed by atoms with Gasteiger partial charge in [-0.1, -0.05) is 19.3 Å². The number of rotatable bonds is 4. The summed E-state index contributed by atoms with van der Waals surface area (Å²) in [5, 5.41) is 7.99. The first-order chi connectivity index (χ1) is 8.39. The molecule has 1 N–H and O–H groups in total. The predicted molar refractivity (Wildman–Crippen MR) is 68.8 cm³/mol. The molecule has 3 rings (SSSR count). The molecule has 3 heteroatoms. The van der Waals surface area contributed by atoms with Crippen LogP contribution in [0.1, 0.15) is 44.9 Å². The van der Waals surface area contributed by atoms with Gasteiger partial charge in [-0.2, -0.15) is 5.10 Å². The van der Waals surface area contributed by atoms with Crippen LogP contribution in [0.5, 0.6) is 0 Å². The Labute approximate surface area is 104 Å². The lowest BCUT2D eigenvalue weighted by atomic mass is 9.57. The predicted octanol–water partition coefficient (Wildman–Crippen LogP) is 2.59. The topological polar surface area (TPSA) is 29.9 Å². The molecule has 2 fully saturated rings. The van der Waals surface area contributed by atoms with Crippen LogP contribution in [0.3, 0.4) is 0 Å². The maximum Gasteiger partial charge on any atom is 0.0534 e. The Hall–Kier alpha value is -0.830. The van der Waals surface area contributed by atoms with Crippen molar-refractivity contribution < 1.29 is 0 Å². The van der Waals surface area contributed by atoms with E-state index in [0.29, 0.717) is 5.41 Å². The van der Waals surface area contributed by atoms with Gasteiger partial charge >= 0.3 is 0 Å². The zero-order chi connectivity index (χ0) is 11.6. The van der Waals surface area contributed by atoms with Crippen LogP contribution in [0.4, 0.5) is 0 Å². The third-order valence-electron chi connectivity index (χ3n) is 4.81. The van der Waals surface area contributed by atoms with Gasteiger partial charge in [-0.25, -0.2) is 0 Å². The lowest BCUT2D eigenvalue weighted by Gasteiger charge is -2.52. The second-order valence-electron chi connectivity index (χ2n) is 5.74. The van der Waals surface area contributed by atoms with E-state index in [1.165, 1.54) is 44.9 Å². The summed E-state index contributed by atoms with van der Waals surface area (Å²) in [6.07, 6.45) is 14.0. The van der Waals surface area contributed by atoms with Crippen molar-refractivity contribution in [1.82, 2.24) is 15.1 Å². The van der Waals surface area contributed by atoms with Crippen molar-refractivity contribution in [2.75, 3.05) is 6.54 Å². The van der Waals surface area contributed by atoms with Crippen LogP contribution in [-0.4, -0.2) is 22.4 Å². The summed E-state index contributed by atoms with van der Waals surface area (Å²) in [5.74, 6) is 0. The first kappa shape index (κ1) is 11.3. The Bertz CT molecular complexity index is 338. The Morgan fingerprint density at radius 1 is 1.24 bits per heavy atom. The summed E-state index contributed by atoms with van der Waals surface area (Å²) in [4.78, 5) is 0. The zero-order valence-electron chi connectivity index (χ0n) is 10.6. The van der Waals surface area contributed by atoms with Crippen molar-refractivity contribution in [3.63, 3.8) is 0 Å². The van der Waals surface area contributed by atoms with Crippen LogP contribution in [-0.2, 0) is 6.54 Å². The molecule has 2 aliphatic rings. The Morgan fingerprint density at radius 3 is 2.76 bits per heavy atom. The van der Waals surface area contributed by atoms with Crippen molar-refractivity contribution in [3.05, 3.63) is 18.5 Å². The number of hydrogen-bond acceptors (Lipinski definition) is 2. The van der Waals surface area contributed by atoms with Crippen molar-refractivity contribution in [2.24, 2.45) is 5.41 Å². The van der Waals surface area contributed by atoms with Gasteiger partial charge in [-0.3, -0.25) is 4.68 Å². The minimum Gasteiger partial charge on any atom is -0.312 e. The number of nitrogens with one attached hydrogen (secondary N) is 1. The van der Waals surface area contributed by atoms with E-state index in [1.807, 2.05) is 23.1 Å².